The van der Waals surface area contributed by atoms with Gasteiger partial charge in [0.05, 0.1) is 27.9 Å². The molecule has 1 N–H and O–H groups in total. The molecule has 0 unspecified atom stereocenters. The minimum atomic E-state index is -0.226. The monoisotopic (exact) mass is 486 g/mol. The summed E-state index contributed by atoms with van der Waals surface area (Å²) in [5.74, 6) is -0.154. The van der Waals surface area contributed by atoms with E-state index in [-0.39, 0.29) is 17.2 Å². The number of nitrogens with zero attached hydrogens (tertiary/aromatic N) is 3. The summed E-state index contributed by atoms with van der Waals surface area (Å²) in [6.07, 6.45) is 2.91. The second kappa shape index (κ2) is 9.09. The number of aryl methyl sites for hydroxylation is 3. The van der Waals surface area contributed by atoms with E-state index in [0.29, 0.717) is 26.6 Å². The Morgan fingerprint density at radius 3 is 2.74 bits per heavy atom. The Hall–Kier alpha value is -3.41. The second-order valence-electron chi connectivity index (χ2n) is 8.41. The van der Waals surface area contributed by atoms with Crippen molar-refractivity contribution < 1.29 is 4.79 Å². The van der Waals surface area contributed by atoms with Crippen LogP contribution < -0.4 is 10.9 Å². The first-order valence-corrected chi connectivity index (χ1v) is 12.8. The predicted octanol–water partition coefficient (Wildman–Crippen LogP) is 5.16. The summed E-state index contributed by atoms with van der Waals surface area (Å²) in [4.78, 5) is 32.2. The molecule has 0 saturated heterocycles. The number of nitriles is 1. The lowest BCUT2D eigenvalue weighted by Gasteiger charge is -2.14. The van der Waals surface area contributed by atoms with E-state index < -0.39 is 0 Å². The smallest absolute Gasteiger partial charge is 0.266 e. The maximum atomic E-state index is 13.4. The van der Waals surface area contributed by atoms with Gasteiger partial charge in [-0.3, -0.25) is 14.2 Å². The van der Waals surface area contributed by atoms with Crippen LogP contribution in [0.5, 0.6) is 0 Å². The molecule has 2 aromatic carbocycles. The number of anilines is 1. The standard InChI is InChI=1S/C26H22N4O2S2/c1-15-10-16(2)12-17(11-15)30-25(32)19-6-3-4-8-21(19)28-26(30)33-14-23(31)29-24-20(13-27)18-7-5-9-22(18)34-24/h3-4,6,8,10-12H,5,7,9,14H2,1-2H3,(H,29,31). The Bertz CT molecular complexity index is 1520. The van der Waals surface area contributed by atoms with Crippen molar-refractivity contribution in [1.29, 1.82) is 5.26 Å². The molecule has 0 spiro atoms. The third-order valence-corrected chi connectivity index (χ3v) is 7.97. The van der Waals surface area contributed by atoms with Crippen LogP contribution in [0.2, 0.25) is 0 Å². The van der Waals surface area contributed by atoms with Gasteiger partial charge in [0.1, 0.15) is 11.1 Å². The summed E-state index contributed by atoms with van der Waals surface area (Å²) in [7, 11) is 0. The maximum absolute atomic E-state index is 13.4. The van der Waals surface area contributed by atoms with Crippen molar-refractivity contribution in [1.82, 2.24) is 9.55 Å². The van der Waals surface area contributed by atoms with Crippen molar-refractivity contribution in [3.8, 4) is 11.8 Å². The van der Waals surface area contributed by atoms with Gasteiger partial charge >= 0.3 is 0 Å². The van der Waals surface area contributed by atoms with Crippen molar-refractivity contribution in [2.45, 2.75) is 38.3 Å². The van der Waals surface area contributed by atoms with Gasteiger partial charge in [-0.2, -0.15) is 5.26 Å². The first kappa shape index (κ1) is 22.4. The molecule has 0 saturated carbocycles. The SMILES string of the molecule is Cc1cc(C)cc(-n2c(SCC(=O)Nc3sc4c(c3C#N)CCC4)nc3ccccc3c2=O)c1. The Kier molecular flexibility index (Phi) is 5.98. The maximum Gasteiger partial charge on any atom is 0.266 e. The highest BCUT2D eigenvalue weighted by molar-refractivity contribution is 7.99. The number of fused-ring (bicyclic) bond motifs is 2. The largest absolute Gasteiger partial charge is 0.316 e. The quantitative estimate of drug-likeness (QED) is 0.311. The molecule has 1 amide bonds. The third kappa shape index (κ3) is 4.13. The first-order chi connectivity index (χ1) is 16.4. The number of para-hydroxylation sites is 1. The number of hydrogen-bond donors (Lipinski definition) is 1. The lowest BCUT2D eigenvalue weighted by Crippen LogP contribution is -2.23. The van der Waals surface area contributed by atoms with Gasteiger partial charge < -0.3 is 5.32 Å². The average molecular weight is 487 g/mol. The van der Waals surface area contributed by atoms with Gasteiger partial charge in [-0.15, -0.1) is 11.3 Å². The summed E-state index contributed by atoms with van der Waals surface area (Å²) < 4.78 is 1.58. The Labute approximate surface area is 205 Å². The van der Waals surface area contributed by atoms with Crippen LogP contribution in [0.25, 0.3) is 16.6 Å². The normalized spacial score (nSPS) is 12.5. The number of carbonyl (C=O) groups is 1. The van der Waals surface area contributed by atoms with Crippen LogP contribution in [0.15, 0.2) is 52.4 Å². The molecular weight excluding hydrogens is 464 g/mol. The molecule has 4 aromatic rings. The Morgan fingerprint density at radius 2 is 1.97 bits per heavy atom. The summed E-state index contributed by atoms with van der Waals surface area (Å²) in [6, 6.07) is 15.4. The predicted molar refractivity (Wildman–Crippen MR) is 137 cm³/mol. The lowest BCUT2D eigenvalue weighted by molar-refractivity contribution is -0.113. The highest BCUT2D eigenvalue weighted by atomic mass is 32.2. The average Bonchev–Trinajstić information content (AvgIpc) is 3.38. The molecule has 8 heteroatoms. The summed E-state index contributed by atoms with van der Waals surface area (Å²) in [5, 5.41) is 14.1. The number of thiophene rings is 1. The molecule has 0 radical (unpaired) electrons. The number of amides is 1. The first-order valence-electron chi connectivity index (χ1n) is 11.0. The van der Waals surface area contributed by atoms with E-state index in [1.807, 2.05) is 38.1 Å². The number of aromatic nitrogens is 2. The molecule has 0 atom stereocenters. The summed E-state index contributed by atoms with van der Waals surface area (Å²) >= 11 is 2.71. The molecule has 0 aliphatic heterocycles. The molecule has 5 rings (SSSR count). The molecule has 170 valence electrons. The topological polar surface area (TPSA) is 87.8 Å². The van der Waals surface area contributed by atoms with Crippen molar-refractivity contribution in [3.05, 3.63) is 79.9 Å². The van der Waals surface area contributed by atoms with E-state index >= 15 is 0 Å². The van der Waals surface area contributed by atoms with E-state index in [1.54, 1.807) is 16.7 Å². The highest BCUT2D eigenvalue weighted by Gasteiger charge is 2.23. The van der Waals surface area contributed by atoms with Gasteiger partial charge in [-0.1, -0.05) is 30.0 Å². The van der Waals surface area contributed by atoms with Crippen LogP contribution in [0, 0.1) is 25.2 Å². The van der Waals surface area contributed by atoms with Crippen LogP contribution in [0.1, 0.15) is 33.6 Å². The Morgan fingerprint density at radius 1 is 1.21 bits per heavy atom. The molecular formula is C26H22N4O2S2. The molecule has 34 heavy (non-hydrogen) atoms. The zero-order valence-electron chi connectivity index (χ0n) is 18.8. The van der Waals surface area contributed by atoms with Crippen molar-refractivity contribution in [2.75, 3.05) is 11.1 Å². The number of carbonyl (C=O) groups excluding carboxylic acids is 1. The second-order valence-corrected chi connectivity index (χ2v) is 10.5. The number of rotatable bonds is 5. The van der Waals surface area contributed by atoms with Crippen LogP contribution in [-0.4, -0.2) is 21.2 Å². The van der Waals surface area contributed by atoms with Crippen molar-refractivity contribution in [3.63, 3.8) is 0 Å². The zero-order valence-corrected chi connectivity index (χ0v) is 20.5. The molecule has 1 aliphatic rings. The van der Waals surface area contributed by atoms with Gasteiger partial charge in [0.2, 0.25) is 5.91 Å². The van der Waals surface area contributed by atoms with E-state index in [4.69, 9.17) is 4.98 Å². The molecule has 1 aliphatic carbocycles. The van der Waals surface area contributed by atoms with Crippen LogP contribution in [0.4, 0.5) is 5.00 Å². The number of hydrogen-bond acceptors (Lipinski definition) is 6. The van der Waals surface area contributed by atoms with Crippen LogP contribution in [0.3, 0.4) is 0 Å². The number of benzene rings is 2. The fourth-order valence-corrected chi connectivity index (χ4v) is 6.49. The lowest BCUT2D eigenvalue weighted by atomic mass is 10.1. The molecule has 0 bridgehead atoms. The third-order valence-electron chi connectivity index (χ3n) is 5.83. The fourth-order valence-electron chi connectivity index (χ4n) is 4.42. The van der Waals surface area contributed by atoms with Gasteiger partial charge in [0.15, 0.2) is 5.16 Å². The van der Waals surface area contributed by atoms with Gasteiger partial charge in [-0.05, 0) is 74.1 Å². The fraction of sp³-hybridized carbons (Fsp3) is 0.231. The minimum Gasteiger partial charge on any atom is -0.316 e. The van der Waals surface area contributed by atoms with Crippen molar-refractivity contribution in [2.24, 2.45) is 0 Å². The number of nitrogens with one attached hydrogen (secondary N) is 1. The molecule has 6 nitrogen and oxygen atoms in total. The van der Waals surface area contributed by atoms with Gasteiger partial charge in [0.25, 0.3) is 5.56 Å². The summed E-state index contributed by atoms with van der Waals surface area (Å²) in [5.41, 5.74) is 4.90. The van der Waals surface area contributed by atoms with Crippen molar-refractivity contribution >= 4 is 44.9 Å². The molecule has 2 aromatic heterocycles. The van der Waals surface area contributed by atoms with Gasteiger partial charge in [0, 0.05) is 4.88 Å². The minimum absolute atomic E-state index is 0.0724. The molecule has 0 fully saturated rings. The van der Waals surface area contributed by atoms with E-state index in [9.17, 15) is 14.9 Å². The van der Waals surface area contributed by atoms with E-state index in [0.717, 1.165) is 41.6 Å². The number of thioether (sulfide) groups is 1. The highest BCUT2D eigenvalue weighted by Crippen LogP contribution is 2.38. The van der Waals surface area contributed by atoms with Crippen LogP contribution in [-0.2, 0) is 17.6 Å². The van der Waals surface area contributed by atoms with Crippen LogP contribution >= 0.6 is 23.1 Å². The Balaban J connectivity index is 1.47. The molecule has 2 heterocycles. The zero-order chi connectivity index (χ0) is 23.8. The summed E-state index contributed by atoms with van der Waals surface area (Å²) in [6.45, 7) is 3.98. The van der Waals surface area contributed by atoms with Gasteiger partial charge in [-0.25, -0.2) is 4.98 Å². The van der Waals surface area contributed by atoms with E-state index in [1.165, 1.54) is 28.0 Å². The van der Waals surface area contributed by atoms with E-state index in [2.05, 4.69) is 17.5 Å².